The van der Waals surface area contributed by atoms with Crippen molar-refractivity contribution >= 4 is 5.78 Å². The van der Waals surface area contributed by atoms with Gasteiger partial charge in [-0.2, -0.15) is 0 Å². The lowest BCUT2D eigenvalue weighted by Crippen LogP contribution is -2.16. The number of hydrogen-bond acceptors (Lipinski definition) is 2. The highest BCUT2D eigenvalue weighted by molar-refractivity contribution is 5.98. The van der Waals surface area contributed by atoms with E-state index in [0.717, 1.165) is 5.92 Å². The van der Waals surface area contributed by atoms with Gasteiger partial charge in [-0.05, 0) is 55.2 Å². The molecule has 0 aliphatic heterocycles. The van der Waals surface area contributed by atoms with E-state index in [0.29, 0.717) is 29.6 Å². The summed E-state index contributed by atoms with van der Waals surface area (Å²) >= 11 is 0. The van der Waals surface area contributed by atoms with Crippen molar-refractivity contribution in [3.63, 3.8) is 0 Å². The lowest BCUT2D eigenvalue weighted by Gasteiger charge is -2.21. The van der Waals surface area contributed by atoms with E-state index in [1.54, 1.807) is 0 Å². The van der Waals surface area contributed by atoms with Crippen LogP contribution in [0.1, 0.15) is 42.5 Å². The number of halogens is 1. The third-order valence-corrected chi connectivity index (χ3v) is 4.79. The van der Waals surface area contributed by atoms with Crippen molar-refractivity contribution in [2.45, 2.75) is 32.1 Å². The zero-order chi connectivity index (χ0) is 13.4. The molecule has 102 valence electrons. The molecule has 3 rings (SSSR count). The fourth-order valence-corrected chi connectivity index (χ4v) is 3.87. The number of rotatable bonds is 4. The van der Waals surface area contributed by atoms with E-state index in [4.69, 9.17) is 4.74 Å². The summed E-state index contributed by atoms with van der Waals surface area (Å²) in [5.74, 6) is 2.17. The Kier molecular flexibility index (Phi) is 3.29. The van der Waals surface area contributed by atoms with Crippen LogP contribution >= 0.6 is 0 Å². The van der Waals surface area contributed by atoms with Gasteiger partial charge in [0.1, 0.15) is 11.6 Å². The van der Waals surface area contributed by atoms with Crippen molar-refractivity contribution in [1.82, 2.24) is 0 Å². The summed E-state index contributed by atoms with van der Waals surface area (Å²) in [4.78, 5) is 12.4. The van der Waals surface area contributed by atoms with Gasteiger partial charge in [0, 0.05) is 6.42 Å². The number of fused-ring (bicyclic) bond motifs is 2. The second-order valence-electron chi connectivity index (χ2n) is 5.91. The van der Waals surface area contributed by atoms with Gasteiger partial charge in [-0.3, -0.25) is 4.79 Å². The molecule has 2 aliphatic rings. The number of ether oxygens (including phenoxy) is 1. The number of ketones is 1. The SMILES string of the molecule is COc1ccc(F)cc1C(=O)CC1CC2CCC1C2. The summed E-state index contributed by atoms with van der Waals surface area (Å²) in [6, 6.07) is 4.16. The molecular weight excluding hydrogens is 243 g/mol. The number of benzene rings is 1. The third kappa shape index (κ3) is 2.38. The first kappa shape index (κ1) is 12.6. The van der Waals surface area contributed by atoms with Gasteiger partial charge in [0.15, 0.2) is 5.78 Å². The first-order valence-corrected chi connectivity index (χ1v) is 7.04. The molecule has 1 aromatic rings. The number of carbonyl (C=O) groups is 1. The average Bonchev–Trinajstić information content (AvgIpc) is 3.01. The van der Waals surface area contributed by atoms with Crippen molar-refractivity contribution in [1.29, 1.82) is 0 Å². The smallest absolute Gasteiger partial charge is 0.166 e. The van der Waals surface area contributed by atoms with Gasteiger partial charge in [-0.25, -0.2) is 4.39 Å². The van der Waals surface area contributed by atoms with Gasteiger partial charge in [0.25, 0.3) is 0 Å². The number of Topliss-reactive ketones (excluding diaryl/α,β-unsaturated/α-hetero) is 1. The maximum atomic E-state index is 13.3. The Labute approximate surface area is 113 Å². The summed E-state index contributed by atoms with van der Waals surface area (Å²) < 4.78 is 18.5. The minimum absolute atomic E-state index is 0.0221. The lowest BCUT2D eigenvalue weighted by molar-refractivity contribution is 0.0941. The second-order valence-corrected chi connectivity index (χ2v) is 5.91. The zero-order valence-electron chi connectivity index (χ0n) is 11.2. The van der Waals surface area contributed by atoms with E-state index >= 15 is 0 Å². The first-order valence-electron chi connectivity index (χ1n) is 7.04. The van der Waals surface area contributed by atoms with Crippen LogP contribution in [-0.4, -0.2) is 12.9 Å². The van der Waals surface area contributed by atoms with Crippen LogP contribution in [-0.2, 0) is 0 Å². The molecule has 2 bridgehead atoms. The largest absolute Gasteiger partial charge is 0.496 e. The maximum Gasteiger partial charge on any atom is 0.166 e. The molecule has 3 unspecified atom stereocenters. The van der Waals surface area contributed by atoms with Crippen LogP contribution in [0.3, 0.4) is 0 Å². The normalized spacial score (nSPS) is 28.6. The summed E-state index contributed by atoms with van der Waals surface area (Å²) in [5, 5.41) is 0. The van der Waals surface area contributed by atoms with Gasteiger partial charge < -0.3 is 4.74 Å². The van der Waals surface area contributed by atoms with Gasteiger partial charge >= 0.3 is 0 Å². The number of methoxy groups -OCH3 is 1. The molecule has 0 aromatic heterocycles. The van der Waals surface area contributed by atoms with E-state index in [1.165, 1.54) is 51.0 Å². The minimum atomic E-state index is -0.378. The van der Waals surface area contributed by atoms with Crippen LogP contribution in [0.4, 0.5) is 4.39 Å². The van der Waals surface area contributed by atoms with Gasteiger partial charge in [0.05, 0.1) is 12.7 Å². The highest BCUT2D eigenvalue weighted by atomic mass is 19.1. The maximum absolute atomic E-state index is 13.3. The number of carbonyl (C=O) groups excluding carboxylic acids is 1. The van der Waals surface area contributed by atoms with Crippen molar-refractivity contribution in [3.05, 3.63) is 29.6 Å². The predicted molar refractivity (Wildman–Crippen MR) is 70.8 cm³/mol. The van der Waals surface area contributed by atoms with Crippen LogP contribution < -0.4 is 4.74 Å². The van der Waals surface area contributed by atoms with E-state index in [-0.39, 0.29) is 11.6 Å². The zero-order valence-corrected chi connectivity index (χ0v) is 11.2. The van der Waals surface area contributed by atoms with Crippen LogP contribution in [0.25, 0.3) is 0 Å². The molecule has 3 atom stereocenters. The molecule has 19 heavy (non-hydrogen) atoms. The fraction of sp³-hybridized carbons (Fsp3) is 0.562. The topological polar surface area (TPSA) is 26.3 Å². The van der Waals surface area contributed by atoms with Crippen LogP contribution in [0.2, 0.25) is 0 Å². The van der Waals surface area contributed by atoms with E-state index in [1.807, 2.05) is 0 Å². The Morgan fingerprint density at radius 3 is 2.84 bits per heavy atom. The van der Waals surface area contributed by atoms with E-state index in [2.05, 4.69) is 0 Å². The lowest BCUT2D eigenvalue weighted by atomic mass is 9.84. The Bertz CT molecular complexity index is 498. The van der Waals surface area contributed by atoms with Crippen molar-refractivity contribution in [2.24, 2.45) is 17.8 Å². The highest BCUT2D eigenvalue weighted by Gasteiger charge is 2.40. The van der Waals surface area contributed by atoms with Crippen molar-refractivity contribution < 1.29 is 13.9 Å². The molecule has 0 N–H and O–H groups in total. The fourth-order valence-electron chi connectivity index (χ4n) is 3.87. The van der Waals surface area contributed by atoms with Crippen molar-refractivity contribution in [2.75, 3.05) is 7.11 Å². The standard InChI is InChI=1S/C16H19FO2/c1-19-16-5-4-13(17)9-14(16)15(18)8-12-7-10-2-3-11(12)6-10/h4-5,9-12H,2-3,6-8H2,1H3. The second kappa shape index (κ2) is 4.95. The van der Waals surface area contributed by atoms with Gasteiger partial charge in [0.2, 0.25) is 0 Å². The first-order chi connectivity index (χ1) is 9.17. The van der Waals surface area contributed by atoms with Crippen molar-refractivity contribution in [3.8, 4) is 5.75 Å². The minimum Gasteiger partial charge on any atom is -0.496 e. The predicted octanol–water partition coefficient (Wildman–Crippen LogP) is 3.84. The van der Waals surface area contributed by atoms with E-state index < -0.39 is 0 Å². The molecule has 2 saturated carbocycles. The molecule has 1 aromatic carbocycles. The molecule has 0 radical (unpaired) electrons. The van der Waals surface area contributed by atoms with Crippen LogP contribution in [0.15, 0.2) is 18.2 Å². The summed E-state index contributed by atoms with van der Waals surface area (Å²) in [6.45, 7) is 0. The quantitative estimate of drug-likeness (QED) is 0.770. The molecule has 2 nitrogen and oxygen atoms in total. The third-order valence-electron chi connectivity index (χ3n) is 4.79. The van der Waals surface area contributed by atoms with Gasteiger partial charge in [-0.1, -0.05) is 6.42 Å². The Hall–Kier alpha value is -1.38. The molecule has 0 spiro atoms. The molecular formula is C16H19FO2. The summed E-state index contributed by atoms with van der Waals surface area (Å²) in [6.07, 6.45) is 5.61. The summed E-state index contributed by atoms with van der Waals surface area (Å²) in [5.41, 5.74) is 0.394. The van der Waals surface area contributed by atoms with Crippen LogP contribution in [0, 0.1) is 23.6 Å². The summed E-state index contributed by atoms with van der Waals surface area (Å²) in [7, 11) is 1.52. The monoisotopic (exact) mass is 262 g/mol. The molecule has 0 amide bonds. The molecule has 3 heteroatoms. The highest BCUT2D eigenvalue weighted by Crippen LogP contribution is 2.49. The Morgan fingerprint density at radius 2 is 2.21 bits per heavy atom. The average molecular weight is 262 g/mol. The Balaban J connectivity index is 1.75. The molecule has 2 aliphatic carbocycles. The number of hydrogen-bond donors (Lipinski definition) is 0. The molecule has 0 heterocycles. The van der Waals surface area contributed by atoms with Crippen LogP contribution in [0.5, 0.6) is 5.75 Å². The molecule has 0 saturated heterocycles. The molecule has 2 fully saturated rings. The Morgan fingerprint density at radius 1 is 1.37 bits per heavy atom. The van der Waals surface area contributed by atoms with Gasteiger partial charge in [-0.15, -0.1) is 0 Å². The van der Waals surface area contributed by atoms with E-state index in [9.17, 15) is 9.18 Å².